The molecule has 0 saturated heterocycles. The van der Waals surface area contributed by atoms with Crippen LogP contribution in [0.5, 0.6) is 0 Å². The molecule has 2 rings (SSSR count). The van der Waals surface area contributed by atoms with Crippen molar-refractivity contribution in [1.29, 1.82) is 0 Å². The van der Waals surface area contributed by atoms with Crippen LogP contribution in [-0.2, 0) is 11.2 Å². The van der Waals surface area contributed by atoms with Gasteiger partial charge < -0.3 is 5.11 Å². The van der Waals surface area contributed by atoms with Crippen LogP contribution in [0.25, 0.3) is 10.9 Å². The van der Waals surface area contributed by atoms with Crippen LogP contribution in [-0.4, -0.2) is 21.3 Å². The minimum absolute atomic E-state index is 0.0861. The zero-order valence-electron chi connectivity index (χ0n) is 7.42. The van der Waals surface area contributed by atoms with Crippen molar-refractivity contribution in [3.8, 4) is 0 Å². The molecule has 0 aliphatic rings. The highest BCUT2D eigenvalue weighted by Gasteiger charge is 2.14. The van der Waals surface area contributed by atoms with E-state index in [0.29, 0.717) is 15.1 Å². The van der Waals surface area contributed by atoms with Crippen LogP contribution in [0.3, 0.4) is 0 Å². The Morgan fingerprint density at radius 1 is 1.67 bits per heavy atom. The summed E-state index contributed by atoms with van der Waals surface area (Å²) in [4.78, 5) is 10.7. The summed E-state index contributed by atoms with van der Waals surface area (Å²) in [6.07, 6.45) is 1.51. The zero-order valence-corrected chi connectivity index (χ0v) is 9.76. The molecule has 0 radical (unpaired) electrons. The highest BCUT2D eigenvalue weighted by molar-refractivity contribution is 9.10. The molecule has 1 aromatic carbocycles. The summed E-state index contributed by atoms with van der Waals surface area (Å²) < 4.78 is 0.612. The van der Waals surface area contributed by atoms with E-state index in [1.165, 1.54) is 0 Å². The third-order valence-electron chi connectivity index (χ3n) is 2.07. The summed E-state index contributed by atoms with van der Waals surface area (Å²) in [5.74, 6) is -0.902. The molecule has 0 aliphatic heterocycles. The summed E-state index contributed by atoms with van der Waals surface area (Å²) >= 11 is 9.22. The summed E-state index contributed by atoms with van der Waals surface area (Å²) in [6, 6.07) is 1.71. The molecule has 0 saturated carbocycles. The van der Waals surface area contributed by atoms with E-state index in [-0.39, 0.29) is 6.42 Å². The van der Waals surface area contributed by atoms with Crippen LogP contribution < -0.4 is 0 Å². The van der Waals surface area contributed by atoms with Crippen molar-refractivity contribution in [1.82, 2.24) is 10.2 Å². The Balaban J connectivity index is 2.71. The molecule has 1 aromatic heterocycles. The Morgan fingerprint density at radius 3 is 3.07 bits per heavy atom. The Morgan fingerprint density at radius 2 is 2.40 bits per heavy atom. The van der Waals surface area contributed by atoms with Gasteiger partial charge in [0, 0.05) is 9.86 Å². The minimum atomic E-state index is -0.902. The zero-order chi connectivity index (χ0) is 11.0. The maximum Gasteiger partial charge on any atom is 0.307 e. The largest absolute Gasteiger partial charge is 0.481 e. The molecule has 0 fully saturated rings. The van der Waals surface area contributed by atoms with E-state index in [1.54, 1.807) is 12.3 Å². The molecule has 0 amide bonds. The highest BCUT2D eigenvalue weighted by atomic mass is 79.9. The molecule has 0 unspecified atom stereocenters. The molecule has 1 heterocycles. The summed E-state index contributed by atoms with van der Waals surface area (Å²) in [5.41, 5.74) is 1.37. The third kappa shape index (κ3) is 1.85. The van der Waals surface area contributed by atoms with Crippen LogP contribution in [0.2, 0.25) is 5.02 Å². The molecular weight excluding hydrogens is 283 g/mol. The van der Waals surface area contributed by atoms with E-state index in [0.717, 1.165) is 10.9 Å². The summed E-state index contributed by atoms with van der Waals surface area (Å²) in [7, 11) is 0. The molecule has 78 valence electrons. The number of carbonyl (C=O) groups is 1. The summed E-state index contributed by atoms with van der Waals surface area (Å²) in [5, 5.41) is 16.6. The number of aromatic nitrogens is 2. The van der Waals surface area contributed by atoms with Gasteiger partial charge in [-0.3, -0.25) is 9.89 Å². The second-order valence-corrected chi connectivity index (χ2v) is 4.25. The smallest absolute Gasteiger partial charge is 0.307 e. The molecular formula is C9H6BrClN2O2. The van der Waals surface area contributed by atoms with E-state index in [1.807, 2.05) is 0 Å². The first kappa shape index (κ1) is 10.4. The van der Waals surface area contributed by atoms with Crippen molar-refractivity contribution in [3.05, 3.63) is 27.3 Å². The SMILES string of the molecule is O=C(O)Cc1c(Br)c(Cl)cc2[nH]ncc12. The van der Waals surface area contributed by atoms with Crippen molar-refractivity contribution in [3.63, 3.8) is 0 Å². The average molecular weight is 290 g/mol. The monoisotopic (exact) mass is 288 g/mol. The number of benzene rings is 1. The second kappa shape index (κ2) is 3.83. The van der Waals surface area contributed by atoms with E-state index in [2.05, 4.69) is 26.1 Å². The number of halogens is 2. The Bertz CT molecular complexity index is 538. The lowest BCUT2D eigenvalue weighted by molar-refractivity contribution is -0.136. The average Bonchev–Trinajstić information content (AvgIpc) is 2.59. The fraction of sp³-hybridized carbons (Fsp3) is 0.111. The van der Waals surface area contributed by atoms with Gasteiger partial charge in [0.05, 0.1) is 23.2 Å². The number of carboxylic acids is 1. The predicted octanol–water partition coefficient (Wildman–Crippen LogP) is 2.61. The Labute approximate surface area is 98.4 Å². The lowest BCUT2D eigenvalue weighted by Gasteiger charge is -2.05. The van der Waals surface area contributed by atoms with Gasteiger partial charge in [-0.15, -0.1) is 0 Å². The molecule has 4 nitrogen and oxygen atoms in total. The van der Waals surface area contributed by atoms with Gasteiger partial charge in [-0.05, 0) is 27.6 Å². The number of carboxylic acid groups (broad SMARTS) is 1. The van der Waals surface area contributed by atoms with Gasteiger partial charge in [-0.2, -0.15) is 5.10 Å². The van der Waals surface area contributed by atoms with E-state index in [9.17, 15) is 4.79 Å². The number of hydrogen-bond donors (Lipinski definition) is 2. The molecule has 2 N–H and O–H groups in total. The molecule has 2 aromatic rings. The Hall–Kier alpha value is -1.07. The molecule has 0 aliphatic carbocycles. The van der Waals surface area contributed by atoms with Gasteiger partial charge in [0.25, 0.3) is 0 Å². The first-order chi connectivity index (χ1) is 7.09. The van der Waals surface area contributed by atoms with Gasteiger partial charge in [0.15, 0.2) is 0 Å². The topological polar surface area (TPSA) is 66.0 Å². The molecule has 0 spiro atoms. The number of fused-ring (bicyclic) bond motifs is 1. The van der Waals surface area contributed by atoms with Crippen LogP contribution >= 0.6 is 27.5 Å². The second-order valence-electron chi connectivity index (χ2n) is 3.05. The maximum absolute atomic E-state index is 10.7. The van der Waals surface area contributed by atoms with Crippen molar-refractivity contribution < 1.29 is 9.90 Å². The van der Waals surface area contributed by atoms with Crippen molar-refractivity contribution in [2.24, 2.45) is 0 Å². The van der Waals surface area contributed by atoms with Gasteiger partial charge in [0.1, 0.15) is 0 Å². The molecule has 15 heavy (non-hydrogen) atoms. The number of nitrogens with one attached hydrogen (secondary N) is 1. The normalized spacial score (nSPS) is 10.8. The van der Waals surface area contributed by atoms with E-state index in [4.69, 9.17) is 16.7 Å². The number of H-pyrrole nitrogens is 1. The standard InChI is InChI=1S/C9H6BrClN2O2/c10-9-4(1-8(14)15)5-3-12-13-7(5)2-6(9)11/h2-3H,1H2,(H,12,13)(H,14,15). The number of rotatable bonds is 2. The highest BCUT2D eigenvalue weighted by Crippen LogP contribution is 2.32. The van der Waals surface area contributed by atoms with Crippen LogP contribution in [0.1, 0.15) is 5.56 Å². The maximum atomic E-state index is 10.7. The lowest BCUT2D eigenvalue weighted by Crippen LogP contribution is -2.01. The number of hydrogen-bond acceptors (Lipinski definition) is 2. The van der Waals surface area contributed by atoms with Gasteiger partial charge in [0.2, 0.25) is 0 Å². The number of aromatic amines is 1. The van der Waals surface area contributed by atoms with Crippen LogP contribution in [0, 0.1) is 0 Å². The lowest BCUT2D eigenvalue weighted by atomic mass is 10.1. The third-order valence-corrected chi connectivity index (χ3v) is 3.50. The fourth-order valence-corrected chi connectivity index (χ4v) is 2.11. The molecule has 0 atom stereocenters. The fourth-order valence-electron chi connectivity index (χ4n) is 1.42. The van der Waals surface area contributed by atoms with Crippen LogP contribution in [0.15, 0.2) is 16.7 Å². The van der Waals surface area contributed by atoms with Crippen LogP contribution in [0.4, 0.5) is 0 Å². The summed E-state index contributed by atoms with van der Waals surface area (Å²) in [6.45, 7) is 0. The number of nitrogens with zero attached hydrogens (tertiary/aromatic N) is 1. The first-order valence-corrected chi connectivity index (χ1v) is 5.28. The van der Waals surface area contributed by atoms with Crippen molar-refractivity contribution in [2.45, 2.75) is 6.42 Å². The minimum Gasteiger partial charge on any atom is -0.481 e. The van der Waals surface area contributed by atoms with Gasteiger partial charge in [-0.1, -0.05) is 11.6 Å². The molecule has 0 bridgehead atoms. The van der Waals surface area contributed by atoms with Crippen molar-refractivity contribution in [2.75, 3.05) is 0 Å². The molecule has 6 heteroatoms. The first-order valence-electron chi connectivity index (χ1n) is 4.11. The van der Waals surface area contributed by atoms with Crippen molar-refractivity contribution >= 4 is 44.4 Å². The Kier molecular flexibility index (Phi) is 2.67. The number of aliphatic carboxylic acids is 1. The van der Waals surface area contributed by atoms with E-state index < -0.39 is 5.97 Å². The van der Waals surface area contributed by atoms with Gasteiger partial charge in [-0.25, -0.2) is 0 Å². The van der Waals surface area contributed by atoms with E-state index >= 15 is 0 Å². The quantitative estimate of drug-likeness (QED) is 0.893. The predicted molar refractivity (Wildman–Crippen MR) is 60.1 cm³/mol. The van der Waals surface area contributed by atoms with Gasteiger partial charge >= 0.3 is 5.97 Å².